The van der Waals surface area contributed by atoms with E-state index < -0.39 is 28.8 Å². The number of rotatable bonds is 8. The molecular formula is C31H27F3N4O3. The monoisotopic (exact) mass is 560 g/mol. The van der Waals surface area contributed by atoms with E-state index in [-0.39, 0.29) is 18.8 Å². The molecule has 41 heavy (non-hydrogen) atoms. The zero-order chi connectivity index (χ0) is 29.9. The molecule has 0 saturated heterocycles. The lowest BCUT2D eigenvalue weighted by molar-refractivity contribution is -0.138. The van der Waals surface area contributed by atoms with Crippen molar-refractivity contribution in [2.75, 3.05) is 17.2 Å². The number of carboxylic acid groups (broad SMARTS) is 1. The van der Waals surface area contributed by atoms with Gasteiger partial charge in [-0.1, -0.05) is 35.9 Å². The van der Waals surface area contributed by atoms with E-state index in [4.69, 9.17) is 5.11 Å². The fraction of sp³-hybridized carbons (Fsp3) is 0.194. The van der Waals surface area contributed by atoms with Crippen LogP contribution < -0.4 is 16.2 Å². The molecule has 4 aromatic rings. The minimum absolute atomic E-state index is 0.00532. The Kier molecular flexibility index (Phi) is 8.19. The molecule has 0 spiro atoms. The topological polar surface area (TPSA) is 107 Å². The fourth-order valence-electron chi connectivity index (χ4n) is 4.57. The third-order valence-corrected chi connectivity index (χ3v) is 6.67. The van der Waals surface area contributed by atoms with Crippen LogP contribution in [0.15, 0.2) is 71.5 Å². The highest BCUT2D eigenvalue weighted by molar-refractivity contribution is 5.74. The summed E-state index contributed by atoms with van der Waals surface area (Å²) in [5, 5.41) is 24.4. The molecule has 0 amide bonds. The highest BCUT2D eigenvalue weighted by Crippen LogP contribution is 2.34. The van der Waals surface area contributed by atoms with Gasteiger partial charge in [-0.25, -0.2) is 0 Å². The zero-order valence-electron chi connectivity index (χ0n) is 22.6. The maximum absolute atomic E-state index is 13.9. The Morgan fingerprint density at radius 3 is 2.22 bits per heavy atom. The van der Waals surface area contributed by atoms with Crippen molar-refractivity contribution in [3.63, 3.8) is 0 Å². The number of carbonyl (C=O) groups is 1. The molecular weight excluding hydrogens is 533 g/mol. The summed E-state index contributed by atoms with van der Waals surface area (Å²) in [6, 6.07) is 19.8. The first-order valence-electron chi connectivity index (χ1n) is 12.6. The van der Waals surface area contributed by atoms with Crippen molar-refractivity contribution < 1.29 is 23.1 Å². The predicted octanol–water partition coefficient (Wildman–Crippen LogP) is 6.62. The van der Waals surface area contributed by atoms with Crippen LogP contribution in [0, 0.1) is 32.1 Å². The minimum Gasteiger partial charge on any atom is -0.480 e. The van der Waals surface area contributed by atoms with E-state index in [0.29, 0.717) is 16.9 Å². The average molecular weight is 561 g/mol. The summed E-state index contributed by atoms with van der Waals surface area (Å²) in [6.07, 6.45) is -4.89. The Morgan fingerprint density at radius 2 is 1.63 bits per heavy atom. The molecule has 0 aliphatic rings. The van der Waals surface area contributed by atoms with Crippen LogP contribution in [-0.2, 0) is 17.5 Å². The van der Waals surface area contributed by atoms with Gasteiger partial charge in [0.2, 0.25) is 0 Å². The van der Waals surface area contributed by atoms with Crippen molar-refractivity contribution in [1.29, 1.82) is 5.26 Å². The number of hydrogen-bond donors (Lipinski definition) is 3. The van der Waals surface area contributed by atoms with Crippen molar-refractivity contribution in [1.82, 2.24) is 4.57 Å². The third kappa shape index (κ3) is 6.58. The van der Waals surface area contributed by atoms with Gasteiger partial charge in [0.15, 0.2) is 0 Å². The first kappa shape index (κ1) is 29.0. The second kappa shape index (κ2) is 11.6. The Labute approximate surface area is 234 Å². The summed E-state index contributed by atoms with van der Waals surface area (Å²) >= 11 is 0. The highest BCUT2D eigenvalue weighted by atomic mass is 19.4. The van der Waals surface area contributed by atoms with E-state index in [9.17, 15) is 28.0 Å². The van der Waals surface area contributed by atoms with E-state index in [1.165, 1.54) is 10.6 Å². The number of nitrogens with zero attached hydrogens (tertiary/aromatic N) is 2. The Hall–Kier alpha value is -5.04. The van der Waals surface area contributed by atoms with Gasteiger partial charge in [0.1, 0.15) is 18.2 Å². The van der Waals surface area contributed by atoms with E-state index in [2.05, 4.69) is 10.6 Å². The SMILES string of the molecule is Cc1ccc(Cn2c(-c3ccc(Nc4ccc(NCC(=O)O)c(C)c4)cc3)cc(C(F)(F)F)c(C#N)c2=O)c(C)c1. The fourth-order valence-corrected chi connectivity index (χ4v) is 4.57. The molecule has 0 bridgehead atoms. The smallest absolute Gasteiger partial charge is 0.417 e. The highest BCUT2D eigenvalue weighted by Gasteiger charge is 2.36. The number of alkyl halides is 3. The number of anilines is 3. The molecule has 7 nitrogen and oxygen atoms in total. The number of nitrogens with one attached hydrogen (secondary N) is 2. The van der Waals surface area contributed by atoms with E-state index in [1.807, 2.05) is 45.0 Å². The Bertz CT molecular complexity index is 1720. The van der Waals surface area contributed by atoms with Gasteiger partial charge in [0.25, 0.3) is 5.56 Å². The van der Waals surface area contributed by atoms with Crippen molar-refractivity contribution in [3.8, 4) is 17.3 Å². The lowest BCUT2D eigenvalue weighted by Gasteiger charge is -2.19. The number of hydrogen-bond acceptors (Lipinski definition) is 5. The zero-order valence-corrected chi connectivity index (χ0v) is 22.6. The van der Waals surface area contributed by atoms with Gasteiger partial charge in [0.05, 0.1) is 17.8 Å². The van der Waals surface area contributed by atoms with Gasteiger partial charge in [0, 0.05) is 17.1 Å². The molecule has 0 atom stereocenters. The quantitative estimate of drug-likeness (QED) is 0.224. The van der Waals surface area contributed by atoms with Crippen molar-refractivity contribution in [2.45, 2.75) is 33.5 Å². The minimum atomic E-state index is -4.89. The van der Waals surface area contributed by atoms with Crippen LogP contribution in [0.2, 0.25) is 0 Å². The van der Waals surface area contributed by atoms with Crippen molar-refractivity contribution >= 4 is 23.0 Å². The third-order valence-electron chi connectivity index (χ3n) is 6.67. The lowest BCUT2D eigenvalue weighted by Crippen LogP contribution is -2.29. The molecule has 0 unspecified atom stereocenters. The molecule has 10 heteroatoms. The molecule has 0 radical (unpaired) electrons. The average Bonchev–Trinajstić information content (AvgIpc) is 2.90. The number of nitriles is 1. The van der Waals surface area contributed by atoms with Crippen LogP contribution in [-0.4, -0.2) is 22.2 Å². The van der Waals surface area contributed by atoms with E-state index in [0.717, 1.165) is 34.0 Å². The molecule has 1 heterocycles. The molecule has 4 rings (SSSR count). The van der Waals surface area contributed by atoms with Gasteiger partial charge >= 0.3 is 12.1 Å². The molecule has 0 saturated carbocycles. The molecule has 3 aromatic carbocycles. The molecule has 210 valence electrons. The van der Waals surface area contributed by atoms with Gasteiger partial charge in [-0.15, -0.1) is 0 Å². The van der Waals surface area contributed by atoms with Gasteiger partial charge in [-0.3, -0.25) is 9.59 Å². The summed E-state index contributed by atoms with van der Waals surface area (Å²) < 4.78 is 42.9. The lowest BCUT2D eigenvalue weighted by atomic mass is 10.0. The van der Waals surface area contributed by atoms with Crippen molar-refractivity contribution in [3.05, 3.63) is 110 Å². The number of aryl methyl sites for hydroxylation is 3. The number of benzene rings is 3. The maximum atomic E-state index is 13.9. The number of aliphatic carboxylic acids is 1. The second-order valence-corrected chi connectivity index (χ2v) is 9.73. The first-order chi connectivity index (χ1) is 19.4. The van der Waals surface area contributed by atoms with Gasteiger partial charge in [-0.05, 0) is 79.4 Å². The maximum Gasteiger partial charge on any atom is 0.417 e. The van der Waals surface area contributed by atoms with E-state index in [1.54, 1.807) is 36.4 Å². The van der Waals surface area contributed by atoms with Gasteiger partial charge in [-0.2, -0.15) is 18.4 Å². The first-order valence-corrected chi connectivity index (χ1v) is 12.6. The molecule has 0 fully saturated rings. The summed E-state index contributed by atoms with van der Waals surface area (Å²) in [4.78, 5) is 24.1. The van der Waals surface area contributed by atoms with Crippen LogP contribution >= 0.6 is 0 Å². The Balaban J connectivity index is 1.72. The summed E-state index contributed by atoms with van der Waals surface area (Å²) in [6.45, 7) is 5.39. The van der Waals surface area contributed by atoms with E-state index >= 15 is 0 Å². The molecule has 0 aliphatic heterocycles. The van der Waals surface area contributed by atoms with Crippen molar-refractivity contribution in [2.24, 2.45) is 0 Å². The largest absolute Gasteiger partial charge is 0.480 e. The standard InChI is InChI=1S/C31H27F3N4O3/c1-18-4-5-22(19(2)12-18)17-38-28(14-26(31(32,33)34)25(15-35)30(38)41)21-6-8-23(9-7-21)37-24-10-11-27(20(3)13-24)36-16-29(39)40/h4-14,36-37H,16-17H2,1-3H3,(H,39,40). The molecule has 0 aliphatic carbocycles. The normalized spacial score (nSPS) is 11.1. The number of halogens is 3. The summed E-state index contributed by atoms with van der Waals surface area (Å²) in [5.74, 6) is -0.976. The number of aromatic nitrogens is 1. The molecule has 3 N–H and O–H groups in total. The molecule has 1 aromatic heterocycles. The Morgan fingerprint density at radius 1 is 0.951 bits per heavy atom. The van der Waals surface area contributed by atoms with Crippen LogP contribution in [0.5, 0.6) is 0 Å². The van der Waals surface area contributed by atoms with Crippen LogP contribution in [0.3, 0.4) is 0 Å². The van der Waals surface area contributed by atoms with Crippen LogP contribution in [0.25, 0.3) is 11.3 Å². The number of carboxylic acids is 1. The summed E-state index contributed by atoms with van der Waals surface area (Å²) in [7, 11) is 0. The second-order valence-electron chi connectivity index (χ2n) is 9.73. The summed E-state index contributed by atoms with van der Waals surface area (Å²) in [5.41, 5.74) is 2.68. The number of pyridine rings is 1. The van der Waals surface area contributed by atoms with Crippen LogP contribution in [0.1, 0.15) is 33.4 Å². The van der Waals surface area contributed by atoms with Gasteiger partial charge < -0.3 is 20.3 Å². The van der Waals surface area contributed by atoms with Crippen LogP contribution in [0.4, 0.5) is 30.2 Å². The predicted molar refractivity (Wildman–Crippen MR) is 151 cm³/mol.